The Morgan fingerprint density at radius 2 is 2.19 bits per heavy atom. The third-order valence-electron chi connectivity index (χ3n) is 3.79. The first-order valence-corrected chi connectivity index (χ1v) is 7.19. The number of carbonyl (C=O) groups is 1. The minimum atomic E-state index is -0.412. The van der Waals surface area contributed by atoms with Gasteiger partial charge in [-0.15, -0.1) is 0 Å². The summed E-state index contributed by atoms with van der Waals surface area (Å²) in [7, 11) is 2.02. The number of amides is 1. The van der Waals surface area contributed by atoms with Crippen LogP contribution in [0.5, 0.6) is 0 Å². The standard InChI is InChI=1S/C15H22FN3O2/c1-19(12-5-8-21-9-6-12)7-4-15(20)18-14-3-2-11(16)10-13(14)17/h2-3,10,12H,4-9,17H2,1H3,(H,18,20). The van der Waals surface area contributed by atoms with E-state index in [0.29, 0.717) is 24.7 Å². The molecule has 1 saturated heterocycles. The van der Waals surface area contributed by atoms with Gasteiger partial charge in [-0.2, -0.15) is 0 Å². The second kappa shape index (κ2) is 7.38. The van der Waals surface area contributed by atoms with Gasteiger partial charge in [0, 0.05) is 32.2 Å². The number of nitrogen functional groups attached to an aromatic ring is 1. The number of ether oxygens (including phenoxy) is 1. The number of rotatable bonds is 5. The van der Waals surface area contributed by atoms with Crippen LogP contribution in [-0.2, 0) is 9.53 Å². The minimum Gasteiger partial charge on any atom is -0.397 e. The van der Waals surface area contributed by atoms with Crippen LogP contribution in [0.15, 0.2) is 18.2 Å². The van der Waals surface area contributed by atoms with Gasteiger partial charge in [-0.25, -0.2) is 4.39 Å². The van der Waals surface area contributed by atoms with E-state index in [1.807, 2.05) is 7.05 Å². The number of carbonyl (C=O) groups excluding carboxylic acids is 1. The Morgan fingerprint density at radius 3 is 2.86 bits per heavy atom. The second-order valence-corrected chi connectivity index (χ2v) is 5.35. The van der Waals surface area contributed by atoms with Gasteiger partial charge >= 0.3 is 0 Å². The molecule has 1 aliphatic rings. The first kappa shape index (κ1) is 15.7. The van der Waals surface area contributed by atoms with E-state index in [9.17, 15) is 9.18 Å². The van der Waals surface area contributed by atoms with E-state index < -0.39 is 5.82 Å². The van der Waals surface area contributed by atoms with Crippen molar-refractivity contribution < 1.29 is 13.9 Å². The van der Waals surface area contributed by atoms with Crippen LogP contribution in [0.3, 0.4) is 0 Å². The van der Waals surface area contributed by atoms with Gasteiger partial charge in [0.2, 0.25) is 5.91 Å². The molecule has 0 atom stereocenters. The van der Waals surface area contributed by atoms with Crippen LogP contribution < -0.4 is 11.1 Å². The van der Waals surface area contributed by atoms with Crippen LogP contribution in [0.2, 0.25) is 0 Å². The van der Waals surface area contributed by atoms with Gasteiger partial charge in [0.15, 0.2) is 0 Å². The van der Waals surface area contributed by atoms with Crippen LogP contribution in [0.1, 0.15) is 19.3 Å². The highest BCUT2D eigenvalue weighted by molar-refractivity contribution is 5.93. The van der Waals surface area contributed by atoms with E-state index in [4.69, 9.17) is 10.5 Å². The van der Waals surface area contributed by atoms with Gasteiger partial charge in [-0.1, -0.05) is 0 Å². The Hall–Kier alpha value is -1.66. The van der Waals surface area contributed by atoms with Gasteiger partial charge in [0.05, 0.1) is 11.4 Å². The van der Waals surface area contributed by atoms with Crippen molar-refractivity contribution in [3.8, 4) is 0 Å². The zero-order valence-electron chi connectivity index (χ0n) is 12.3. The molecule has 0 bridgehead atoms. The summed E-state index contributed by atoms with van der Waals surface area (Å²) < 4.78 is 18.3. The average molecular weight is 295 g/mol. The number of hydrogen-bond donors (Lipinski definition) is 2. The minimum absolute atomic E-state index is 0.118. The molecule has 21 heavy (non-hydrogen) atoms. The van der Waals surface area contributed by atoms with Crippen LogP contribution >= 0.6 is 0 Å². The lowest BCUT2D eigenvalue weighted by molar-refractivity contribution is -0.116. The number of hydrogen-bond acceptors (Lipinski definition) is 4. The number of benzene rings is 1. The van der Waals surface area contributed by atoms with Crippen molar-refractivity contribution in [2.45, 2.75) is 25.3 Å². The Labute approximate surface area is 124 Å². The molecule has 0 saturated carbocycles. The van der Waals surface area contributed by atoms with Gasteiger partial charge in [-0.3, -0.25) is 4.79 Å². The molecule has 2 rings (SSSR count). The van der Waals surface area contributed by atoms with Crippen molar-refractivity contribution in [1.82, 2.24) is 4.90 Å². The summed E-state index contributed by atoms with van der Waals surface area (Å²) in [6.07, 6.45) is 2.39. The maximum atomic E-state index is 12.9. The molecule has 1 aromatic rings. The Balaban J connectivity index is 1.78. The number of halogens is 1. The first-order chi connectivity index (χ1) is 10.1. The summed E-state index contributed by atoms with van der Waals surface area (Å²) in [4.78, 5) is 14.1. The SMILES string of the molecule is CN(CCC(=O)Nc1ccc(F)cc1N)C1CCOCC1. The summed E-state index contributed by atoms with van der Waals surface area (Å²) in [6.45, 7) is 2.25. The number of nitrogens with one attached hydrogen (secondary N) is 1. The van der Waals surface area contributed by atoms with Gasteiger partial charge in [-0.05, 0) is 38.1 Å². The summed E-state index contributed by atoms with van der Waals surface area (Å²) >= 11 is 0. The van der Waals surface area contributed by atoms with Crippen molar-refractivity contribution in [3.63, 3.8) is 0 Å². The monoisotopic (exact) mass is 295 g/mol. The molecule has 5 nitrogen and oxygen atoms in total. The molecule has 1 aromatic carbocycles. The fourth-order valence-electron chi connectivity index (χ4n) is 2.45. The molecule has 0 radical (unpaired) electrons. The van der Waals surface area contributed by atoms with Crippen molar-refractivity contribution >= 4 is 17.3 Å². The predicted octanol–water partition coefficient (Wildman–Crippen LogP) is 1.85. The summed E-state index contributed by atoms with van der Waals surface area (Å²) in [5.74, 6) is -0.531. The van der Waals surface area contributed by atoms with E-state index >= 15 is 0 Å². The van der Waals surface area contributed by atoms with Gasteiger partial charge in [0.1, 0.15) is 5.82 Å². The van der Waals surface area contributed by atoms with E-state index in [1.54, 1.807) is 0 Å². The van der Waals surface area contributed by atoms with Crippen LogP contribution in [-0.4, -0.2) is 43.7 Å². The highest BCUT2D eigenvalue weighted by atomic mass is 19.1. The lowest BCUT2D eigenvalue weighted by atomic mass is 10.1. The molecule has 0 spiro atoms. The third kappa shape index (κ3) is 4.68. The first-order valence-electron chi connectivity index (χ1n) is 7.19. The smallest absolute Gasteiger partial charge is 0.225 e. The molecule has 116 valence electrons. The van der Waals surface area contributed by atoms with Crippen molar-refractivity contribution in [2.75, 3.05) is 37.9 Å². The molecule has 1 heterocycles. The lowest BCUT2D eigenvalue weighted by Gasteiger charge is -2.30. The molecule has 0 aliphatic carbocycles. The summed E-state index contributed by atoms with van der Waals surface area (Å²) in [6, 6.07) is 4.43. The van der Waals surface area contributed by atoms with E-state index in [1.165, 1.54) is 18.2 Å². The zero-order valence-corrected chi connectivity index (χ0v) is 12.3. The quantitative estimate of drug-likeness (QED) is 0.814. The van der Waals surface area contributed by atoms with Gasteiger partial charge in [0.25, 0.3) is 0 Å². The molecule has 3 N–H and O–H groups in total. The average Bonchev–Trinajstić information content (AvgIpc) is 2.48. The summed E-state index contributed by atoms with van der Waals surface area (Å²) in [5, 5.41) is 2.71. The highest BCUT2D eigenvalue weighted by Crippen LogP contribution is 2.19. The predicted molar refractivity (Wildman–Crippen MR) is 80.5 cm³/mol. The normalized spacial score (nSPS) is 16.1. The second-order valence-electron chi connectivity index (χ2n) is 5.35. The Kier molecular flexibility index (Phi) is 5.52. The number of anilines is 2. The van der Waals surface area contributed by atoms with Gasteiger partial charge < -0.3 is 20.7 Å². The zero-order chi connectivity index (χ0) is 15.2. The molecule has 6 heteroatoms. The molecule has 1 amide bonds. The molecular formula is C15H22FN3O2. The molecular weight excluding hydrogens is 273 g/mol. The van der Waals surface area contributed by atoms with Crippen LogP contribution in [0.25, 0.3) is 0 Å². The molecule has 0 aromatic heterocycles. The maximum Gasteiger partial charge on any atom is 0.225 e. The molecule has 1 fully saturated rings. The van der Waals surface area contributed by atoms with E-state index in [0.717, 1.165) is 26.1 Å². The fraction of sp³-hybridized carbons (Fsp3) is 0.533. The fourth-order valence-corrected chi connectivity index (χ4v) is 2.45. The largest absolute Gasteiger partial charge is 0.397 e. The maximum absolute atomic E-state index is 12.9. The van der Waals surface area contributed by atoms with Crippen molar-refractivity contribution in [3.05, 3.63) is 24.0 Å². The lowest BCUT2D eigenvalue weighted by Crippen LogP contribution is -2.38. The van der Waals surface area contributed by atoms with E-state index in [2.05, 4.69) is 10.2 Å². The highest BCUT2D eigenvalue weighted by Gasteiger charge is 2.18. The summed E-state index contributed by atoms with van der Waals surface area (Å²) in [5.41, 5.74) is 6.35. The van der Waals surface area contributed by atoms with Crippen molar-refractivity contribution in [1.29, 1.82) is 0 Å². The number of nitrogens with two attached hydrogens (primary N) is 1. The third-order valence-corrected chi connectivity index (χ3v) is 3.79. The Bertz CT molecular complexity index is 490. The molecule has 1 aliphatic heterocycles. The van der Waals surface area contributed by atoms with Crippen LogP contribution in [0, 0.1) is 5.82 Å². The van der Waals surface area contributed by atoms with E-state index in [-0.39, 0.29) is 11.6 Å². The topological polar surface area (TPSA) is 67.6 Å². The molecule has 0 unspecified atom stereocenters. The van der Waals surface area contributed by atoms with Crippen molar-refractivity contribution in [2.24, 2.45) is 0 Å². The number of nitrogens with zero attached hydrogens (tertiary/aromatic N) is 1. The Morgan fingerprint density at radius 1 is 1.48 bits per heavy atom. The van der Waals surface area contributed by atoms with Crippen LogP contribution in [0.4, 0.5) is 15.8 Å².